The lowest BCUT2D eigenvalue weighted by molar-refractivity contribution is 1.10. The normalized spacial score (nSPS) is 10.4. The van der Waals surface area contributed by atoms with Gasteiger partial charge in [0.1, 0.15) is 6.07 Å². The van der Waals surface area contributed by atoms with Crippen molar-refractivity contribution < 1.29 is 0 Å². The third kappa shape index (κ3) is 1.60. The first-order valence-corrected chi connectivity index (χ1v) is 5.45. The fourth-order valence-electron chi connectivity index (χ4n) is 1.83. The van der Waals surface area contributed by atoms with Crippen molar-refractivity contribution in [2.24, 2.45) is 0 Å². The molecule has 0 radical (unpaired) electrons. The van der Waals surface area contributed by atoms with Gasteiger partial charge in [-0.15, -0.1) is 10.2 Å². The summed E-state index contributed by atoms with van der Waals surface area (Å²) in [6.07, 6.45) is 5.25. The summed E-state index contributed by atoms with van der Waals surface area (Å²) in [4.78, 5) is 4.14. The average Bonchev–Trinajstić information content (AvgIpc) is 2.81. The third-order valence-corrected chi connectivity index (χ3v) is 2.66. The highest BCUT2D eigenvalue weighted by Crippen LogP contribution is 2.18. The zero-order valence-electron chi connectivity index (χ0n) is 9.70. The summed E-state index contributed by atoms with van der Waals surface area (Å²) in [5, 5.41) is 17.1. The van der Waals surface area contributed by atoms with Gasteiger partial charge in [-0.3, -0.25) is 9.38 Å². The van der Waals surface area contributed by atoms with Crippen LogP contribution in [0.15, 0.2) is 36.8 Å². The van der Waals surface area contributed by atoms with Crippen molar-refractivity contribution in [2.75, 3.05) is 0 Å². The zero-order valence-corrected chi connectivity index (χ0v) is 9.70. The first-order chi connectivity index (χ1) is 8.78. The molecule has 3 rings (SSSR count). The lowest BCUT2D eigenvalue weighted by Crippen LogP contribution is -1.92. The van der Waals surface area contributed by atoms with Crippen LogP contribution in [0.2, 0.25) is 0 Å². The monoisotopic (exact) mass is 235 g/mol. The van der Waals surface area contributed by atoms with Crippen LogP contribution in [-0.4, -0.2) is 19.6 Å². The van der Waals surface area contributed by atoms with E-state index in [2.05, 4.69) is 21.3 Å². The number of pyridine rings is 2. The molecule has 18 heavy (non-hydrogen) atoms. The van der Waals surface area contributed by atoms with Crippen LogP contribution >= 0.6 is 0 Å². The molecular weight excluding hydrogens is 226 g/mol. The molecule has 0 saturated heterocycles. The minimum Gasteiger partial charge on any atom is -0.281 e. The summed E-state index contributed by atoms with van der Waals surface area (Å²) >= 11 is 0. The standard InChI is InChI=1S/C13H9N5/c1-9-4-11(7-15-6-9)13-17-16-12-3-2-10(5-14)8-18(12)13/h2-4,6-8H,1H3. The molecule has 0 spiro atoms. The van der Waals surface area contributed by atoms with Crippen LogP contribution in [-0.2, 0) is 0 Å². The molecule has 0 atom stereocenters. The maximum atomic E-state index is 8.92. The number of hydrogen-bond donors (Lipinski definition) is 0. The molecule has 0 aliphatic heterocycles. The molecule has 0 fully saturated rings. The Morgan fingerprint density at radius 3 is 2.89 bits per heavy atom. The first kappa shape index (κ1) is 10.4. The van der Waals surface area contributed by atoms with Gasteiger partial charge >= 0.3 is 0 Å². The van der Waals surface area contributed by atoms with E-state index >= 15 is 0 Å². The highest BCUT2D eigenvalue weighted by molar-refractivity contribution is 5.59. The molecular formula is C13H9N5. The van der Waals surface area contributed by atoms with Gasteiger partial charge in [0.2, 0.25) is 0 Å². The zero-order chi connectivity index (χ0) is 12.5. The van der Waals surface area contributed by atoms with E-state index in [1.807, 2.05) is 13.0 Å². The molecule has 0 N–H and O–H groups in total. The first-order valence-electron chi connectivity index (χ1n) is 5.45. The minimum absolute atomic E-state index is 0.573. The van der Waals surface area contributed by atoms with E-state index in [1.165, 1.54) is 0 Å². The Morgan fingerprint density at radius 2 is 2.11 bits per heavy atom. The number of aromatic nitrogens is 4. The topological polar surface area (TPSA) is 66.9 Å². The van der Waals surface area contributed by atoms with Gasteiger partial charge in [-0.1, -0.05) is 0 Å². The number of rotatable bonds is 1. The Morgan fingerprint density at radius 1 is 1.22 bits per heavy atom. The number of nitrogens with zero attached hydrogens (tertiary/aromatic N) is 5. The molecule has 0 saturated carbocycles. The van der Waals surface area contributed by atoms with Gasteiger partial charge in [-0.25, -0.2) is 0 Å². The maximum Gasteiger partial charge on any atom is 0.169 e. The number of aryl methyl sites for hydroxylation is 1. The minimum atomic E-state index is 0.573. The van der Waals surface area contributed by atoms with Crippen molar-refractivity contribution in [2.45, 2.75) is 6.92 Å². The second kappa shape index (κ2) is 3.93. The molecule has 0 bridgehead atoms. The van der Waals surface area contributed by atoms with Crippen LogP contribution in [0.1, 0.15) is 11.1 Å². The van der Waals surface area contributed by atoms with Gasteiger partial charge in [-0.2, -0.15) is 5.26 Å². The molecule has 3 aromatic heterocycles. The van der Waals surface area contributed by atoms with Gasteiger partial charge in [-0.05, 0) is 30.7 Å². The molecule has 3 aromatic rings. The predicted molar refractivity (Wildman–Crippen MR) is 65.7 cm³/mol. The Kier molecular flexibility index (Phi) is 2.27. The molecule has 5 nitrogen and oxygen atoms in total. The van der Waals surface area contributed by atoms with Gasteiger partial charge in [0, 0.05) is 24.2 Å². The van der Waals surface area contributed by atoms with Crippen molar-refractivity contribution in [3.8, 4) is 17.5 Å². The van der Waals surface area contributed by atoms with E-state index in [0.29, 0.717) is 17.0 Å². The summed E-state index contributed by atoms with van der Waals surface area (Å²) in [5.41, 5.74) is 3.23. The highest BCUT2D eigenvalue weighted by atomic mass is 15.2. The van der Waals surface area contributed by atoms with Crippen molar-refractivity contribution >= 4 is 5.65 Å². The Labute approximate surface area is 103 Å². The number of hydrogen-bond acceptors (Lipinski definition) is 4. The molecule has 0 aromatic carbocycles. The second-order valence-corrected chi connectivity index (χ2v) is 4.03. The van der Waals surface area contributed by atoms with Crippen LogP contribution in [0, 0.1) is 18.3 Å². The van der Waals surface area contributed by atoms with Gasteiger partial charge < -0.3 is 0 Å². The highest BCUT2D eigenvalue weighted by Gasteiger charge is 2.08. The lowest BCUT2D eigenvalue weighted by Gasteiger charge is -2.00. The smallest absolute Gasteiger partial charge is 0.169 e. The van der Waals surface area contributed by atoms with Crippen molar-refractivity contribution in [1.82, 2.24) is 19.6 Å². The largest absolute Gasteiger partial charge is 0.281 e. The Balaban J connectivity index is 2.27. The van der Waals surface area contributed by atoms with E-state index in [0.717, 1.165) is 11.1 Å². The van der Waals surface area contributed by atoms with Gasteiger partial charge in [0.05, 0.1) is 5.56 Å². The summed E-state index contributed by atoms with van der Waals surface area (Å²) in [5.74, 6) is 0.693. The summed E-state index contributed by atoms with van der Waals surface area (Å²) in [6, 6.07) is 7.60. The van der Waals surface area contributed by atoms with Gasteiger partial charge in [0.25, 0.3) is 0 Å². The summed E-state index contributed by atoms with van der Waals surface area (Å²) in [6.45, 7) is 1.97. The van der Waals surface area contributed by atoms with Crippen LogP contribution < -0.4 is 0 Å². The Bertz CT molecular complexity index is 766. The molecule has 0 aliphatic rings. The lowest BCUT2D eigenvalue weighted by atomic mass is 10.2. The third-order valence-electron chi connectivity index (χ3n) is 2.66. The maximum absolute atomic E-state index is 8.92. The van der Waals surface area contributed by atoms with Crippen LogP contribution in [0.4, 0.5) is 0 Å². The van der Waals surface area contributed by atoms with Crippen molar-refractivity contribution in [3.63, 3.8) is 0 Å². The average molecular weight is 235 g/mol. The fraction of sp³-hybridized carbons (Fsp3) is 0.0769. The van der Waals surface area contributed by atoms with E-state index in [-0.39, 0.29) is 0 Å². The Hall–Kier alpha value is -2.74. The SMILES string of the molecule is Cc1cncc(-c2nnc3ccc(C#N)cn23)c1. The quantitative estimate of drug-likeness (QED) is 0.646. The summed E-state index contributed by atoms with van der Waals surface area (Å²) < 4.78 is 1.80. The molecule has 5 heteroatoms. The van der Waals surface area contributed by atoms with E-state index in [9.17, 15) is 0 Å². The molecule has 0 amide bonds. The molecule has 0 unspecified atom stereocenters. The molecule has 86 valence electrons. The predicted octanol–water partition coefficient (Wildman–Crippen LogP) is 1.97. The van der Waals surface area contributed by atoms with E-state index in [1.54, 1.807) is 35.1 Å². The fourth-order valence-corrected chi connectivity index (χ4v) is 1.83. The number of nitriles is 1. The van der Waals surface area contributed by atoms with Crippen LogP contribution in [0.3, 0.4) is 0 Å². The molecule has 3 heterocycles. The van der Waals surface area contributed by atoms with E-state index < -0.39 is 0 Å². The van der Waals surface area contributed by atoms with Crippen LogP contribution in [0.25, 0.3) is 17.0 Å². The van der Waals surface area contributed by atoms with Gasteiger partial charge in [0.15, 0.2) is 11.5 Å². The summed E-state index contributed by atoms with van der Waals surface area (Å²) in [7, 11) is 0. The second-order valence-electron chi connectivity index (χ2n) is 4.03. The van der Waals surface area contributed by atoms with Crippen molar-refractivity contribution in [3.05, 3.63) is 47.9 Å². The van der Waals surface area contributed by atoms with E-state index in [4.69, 9.17) is 5.26 Å². The number of fused-ring (bicyclic) bond motifs is 1. The molecule has 0 aliphatic carbocycles. The van der Waals surface area contributed by atoms with Crippen LogP contribution in [0.5, 0.6) is 0 Å². The van der Waals surface area contributed by atoms with Crippen molar-refractivity contribution in [1.29, 1.82) is 5.26 Å².